The number of anilines is 1. The topological polar surface area (TPSA) is 117 Å². The maximum atomic E-state index is 13.3. The smallest absolute Gasteiger partial charge is 0.259 e. The van der Waals surface area contributed by atoms with E-state index in [1.165, 1.54) is 27.4 Å². The minimum atomic E-state index is -3.25. The Morgan fingerprint density at radius 2 is 1.94 bits per heavy atom. The average Bonchev–Trinajstić information content (AvgIpc) is 2.77. The SMILES string of the molecule is CS(=O)(=O)N1CCC(Nc2ncc3cc(CC(F)F)c(=O)n(C4=CCCCC=C(O)C4)c3n2)CC1. The summed E-state index contributed by atoms with van der Waals surface area (Å²) in [6, 6.07) is 1.34. The fraction of sp³-hybridized carbons (Fsp3) is 0.522. The minimum Gasteiger partial charge on any atom is -0.512 e. The molecule has 0 saturated carbocycles. The molecule has 0 atom stereocenters. The van der Waals surface area contributed by atoms with Gasteiger partial charge < -0.3 is 10.4 Å². The molecule has 2 aliphatic rings. The number of halogens is 2. The summed E-state index contributed by atoms with van der Waals surface area (Å²) in [5.74, 6) is 0.372. The van der Waals surface area contributed by atoms with Crippen LogP contribution in [0.5, 0.6) is 0 Å². The number of piperidine rings is 1. The third-order valence-electron chi connectivity index (χ3n) is 6.26. The van der Waals surface area contributed by atoms with Crippen LogP contribution in [0, 0.1) is 0 Å². The fourth-order valence-corrected chi connectivity index (χ4v) is 5.34. The summed E-state index contributed by atoms with van der Waals surface area (Å²) >= 11 is 0. The van der Waals surface area contributed by atoms with Gasteiger partial charge in [-0.3, -0.25) is 9.36 Å². The van der Waals surface area contributed by atoms with Crippen molar-refractivity contribution in [3.63, 3.8) is 0 Å². The average molecular weight is 510 g/mol. The van der Waals surface area contributed by atoms with Crippen LogP contribution in [0.15, 0.2) is 35.0 Å². The van der Waals surface area contributed by atoms with Crippen molar-refractivity contribution in [1.29, 1.82) is 0 Å². The van der Waals surface area contributed by atoms with Crippen molar-refractivity contribution in [2.75, 3.05) is 24.7 Å². The molecule has 4 rings (SSSR count). The van der Waals surface area contributed by atoms with Gasteiger partial charge in [0, 0.05) is 54.8 Å². The number of hydrogen-bond donors (Lipinski definition) is 2. The number of hydrogen-bond acceptors (Lipinski definition) is 7. The maximum Gasteiger partial charge on any atom is 0.259 e. The zero-order valence-corrected chi connectivity index (χ0v) is 20.3. The molecular formula is C23H29F2N5O4S. The van der Waals surface area contributed by atoms with Crippen molar-refractivity contribution in [2.24, 2.45) is 0 Å². The third-order valence-corrected chi connectivity index (χ3v) is 7.57. The zero-order chi connectivity index (χ0) is 25.2. The van der Waals surface area contributed by atoms with Crippen LogP contribution in [0.25, 0.3) is 16.7 Å². The van der Waals surface area contributed by atoms with E-state index >= 15 is 0 Å². The van der Waals surface area contributed by atoms with Crippen molar-refractivity contribution in [3.8, 4) is 0 Å². The van der Waals surface area contributed by atoms with E-state index in [0.717, 1.165) is 6.42 Å². The number of rotatable bonds is 6. The molecule has 190 valence electrons. The Morgan fingerprint density at radius 3 is 2.63 bits per heavy atom. The van der Waals surface area contributed by atoms with Gasteiger partial charge in [-0.15, -0.1) is 0 Å². The van der Waals surface area contributed by atoms with Crippen molar-refractivity contribution in [1.82, 2.24) is 18.8 Å². The van der Waals surface area contributed by atoms with Crippen LogP contribution in [0.1, 0.15) is 44.1 Å². The first kappa shape index (κ1) is 25.2. The van der Waals surface area contributed by atoms with Gasteiger partial charge >= 0.3 is 0 Å². The van der Waals surface area contributed by atoms with Crippen LogP contribution < -0.4 is 10.9 Å². The molecule has 1 fully saturated rings. The van der Waals surface area contributed by atoms with Crippen molar-refractivity contribution < 1.29 is 22.3 Å². The second kappa shape index (κ2) is 10.4. The van der Waals surface area contributed by atoms with Gasteiger partial charge in [-0.05, 0) is 44.2 Å². The highest BCUT2D eigenvalue weighted by atomic mass is 32.2. The van der Waals surface area contributed by atoms with Gasteiger partial charge in [-0.2, -0.15) is 4.98 Å². The van der Waals surface area contributed by atoms with E-state index in [1.54, 1.807) is 6.08 Å². The standard InChI is InChI=1S/C23H29F2N5O4S/c1-35(33,34)29-9-7-17(8-10-29)27-23-26-14-16-11-15(12-20(24)25)22(32)30(21(16)28-23)18-5-3-2-4-6-19(31)13-18/h5-6,11,14,17,20,31H,2-4,7-10,12-13H2,1H3,(H,26,27,28). The van der Waals surface area contributed by atoms with Gasteiger partial charge in [-0.1, -0.05) is 6.08 Å². The molecule has 0 unspecified atom stereocenters. The lowest BCUT2D eigenvalue weighted by molar-refractivity contribution is 0.148. The largest absolute Gasteiger partial charge is 0.512 e. The molecular weight excluding hydrogens is 480 g/mol. The number of aliphatic hydroxyl groups is 1. The number of nitrogens with zero attached hydrogens (tertiary/aromatic N) is 4. The first-order chi connectivity index (χ1) is 16.6. The molecule has 2 aromatic heterocycles. The van der Waals surface area contributed by atoms with E-state index in [2.05, 4.69) is 15.3 Å². The molecule has 0 amide bonds. The van der Waals surface area contributed by atoms with Crippen LogP contribution in [0.3, 0.4) is 0 Å². The molecule has 0 bridgehead atoms. The van der Waals surface area contributed by atoms with Gasteiger partial charge in [0.1, 0.15) is 0 Å². The number of aromatic nitrogens is 3. The van der Waals surface area contributed by atoms with E-state index in [1.807, 2.05) is 6.08 Å². The summed E-state index contributed by atoms with van der Waals surface area (Å²) in [5, 5.41) is 13.9. The molecule has 1 aliphatic carbocycles. The Labute approximate surface area is 202 Å². The van der Waals surface area contributed by atoms with Gasteiger partial charge in [0.2, 0.25) is 22.4 Å². The first-order valence-electron chi connectivity index (χ1n) is 11.6. The number of sulfonamides is 1. The van der Waals surface area contributed by atoms with E-state index in [4.69, 9.17) is 0 Å². The van der Waals surface area contributed by atoms with Gasteiger partial charge in [0.15, 0.2) is 5.65 Å². The highest BCUT2D eigenvalue weighted by molar-refractivity contribution is 7.88. The van der Waals surface area contributed by atoms with Crippen LogP contribution in [0.4, 0.5) is 14.7 Å². The molecule has 1 aliphatic heterocycles. The Kier molecular flexibility index (Phi) is 7.50. The summed E-state index contributed by atoms with van der Waals surface area (Å²) in [5.41, 5.74) is 0.106. The first-order valence-corrected chi connectivity index (χ1v) is 13.5. The number of fused-ring (bicyclic) bond motifs is 1. The van der Waals surface area contributed by atoms with Gasteiger partial charge in [0.05, 0.1) is 12.0 Å². The van der Waals surface area contributed by atoms with Crippen LogP contribution in [-0.4, -0.2) is 64.2 Å². The number of alkyl halides is 2. The van der Waals surface area contributed by atoms with E-state index in [0.29, 0.717) is 49.9 Å². The number of pyridine rings is 1. The normalized spacial score (nSPS) is 18.7. The summed E-state index contributed by atoms with van der Waals surface area (Å²) in [6.45, 7) is 0.758. The zero-order valence-electron chi connectivity index (χ0n) is 19.5. The van der Waals surface area contributed by atoms with E-state index < -0.39 is 28.4 Å². The molecule has 12 heteroatoms. The number of allylic oxidation sites excluding steroid dienone is 3. The van der Waals surface area contributed by atoms with Crippen LogP contribution in [-0.2, 0) is 16.4 Å². The second-order valence-electron chi connectivity index (χ2n) is 8.96. The lowest BCUT2D eigenvalue weighted by Crippen LogP contribution is -2.42. The maximum absolute atomic E-state index is 13.3. The molecule has 0 spiro atoms. The van der Waals surface area contributed by atoms with Crippen molar-refractivity contribution >= 4 is 32.7 Å². The predicted octanol–water partition coefficient (Wildman–Crippen LogP) is 3.29. The highest BCUT2D eigenvalue weighted by Crippen LogP contribution is 2.25. The van der Waals surface area contributed by atoms with E-state index in [-0.39, 0.29) is 35.4 Å². The highest BCUT2D eigenvalue weighted by Gasteiger charge is 2.25. The molecule has 2 N–H and O–H groups in total. The molecule has 9 nitrogen and oxygen atoms in total. The Morgan fingerprint density at radius 1 is 1.23 bits per heavy atom. The predicted molar refractivity (Wildman–Crippen MR) is 130 cm³/mol. The Bertz CT molecular complexity index is 1320. The third kappa shape index (κ3) is 6.04. The molecule has 0 aromatic carbocycles. The number of aliphatic hydroxyl groups excluding tert-OH is 1. The molecule has 3 heterocycles. The Hall–Kier alpha value is -2.86. The minimum absolute atomic E-state index is 0.0450. The van der Waals surface area contributed by atoms with Crippen LogP contribution in [0.2, 0.25) is 0 Å². The lowest BCUT2D eigenvalue weighted by atomic mass is 10.1. The fourth-order valence-electron chi connectivity index (χ4n) is 4.47. The van der Waals surface area contributed by atoms with Crippen LogP contribution >= 0.6 is 0 Å². The van der Waals surface area contributed by atoms with Crippen molar-refractivity contribution in [3.05, 3.63) is 46.1 Å². The monoisotopic (exact) mass is 509 g/mol. The van der Waals surface area contributed by atoms with Gasteiger partial charge in [-0.25, -0.2) is 26.5 Å². The summed E-state index contributed by atoms with van der Waals surface area (Å²) in [7, 11) is -3.25. The lowest BCUT2D eigenvalue weighted by Gasteiger charge is -2.30. The molecule has 2 aromatic rings. The second-order valence-corrected chi connectivity index (χ2v) is 10.9. The van der Waals surface area contributed by atoms with Crippen molar-refractivity contribution in [2.45, 2.75) is 57.4 Å². The molecule has 1 saturated heterocycles. The van der Waals surface area contributed by atoms with Gasteiger partial charge in [0.25, 0.3) is 5.56 Å². The molecule has 35 heavy (non-hydrogen) atoms. The van der Waals surface area contributed by atoms with E-state index in [9.17, 15) is 27.1 Å². The Balaban J connectivity index is 1.71. The summed E-state index contributed by atoms with van der Waals surface area (Å²) in [4.78, 5) is 22.2. The molecule has 0 radical (unpaired) electrons. The number of nitrogens with one attached hydrogen (secondary N) is 1. The summed E-state index contributed by atoms with van der Waals surface area (Å²) in [6.07, 6.45) is 6.22. The summed E-state index contributed by atoms with van der Waals surface area (Å²) < 4.78 is 52.6. The quantitative estimate of drug-likeness (QED) is 0.614.